The van der Waals surface area contributed by atoms with Gasteiger partial charge in [0.25, 0.3) is 11.8 Å². The molecule has 0 aromatic heterocycles. The standard InChI is InChI=1S/C29H35BrN4O3/c30-21-8-4-7-20(15-21)29(37)34-25-14-9-19(28(36)32-23-12-10-22(31)11-13-23)16-24(25)33-27(35)17-26(34)18-5-2-1-3-6-18/h4,7-9,14-16,18,22-23,26H,1-3,5-6,10-13,17,31H2,(H,32,36)(H,33,35). The van der Waals surface area contributed by atoms with Gasteiger partial charge in [-0.2, -0.15) is 0 Å². The summed E-state index contributed by atoms with van der Waals surface area (Å²) in [7, 11) is 0. The highest BCUT2D eigenvalue weighted by atomic mass is 79.9. The molecule has 0 saturated heterocycles. The van der Waals surface area contributed by atoms with Gasteiger partial charge in [0.2, 0.25) is 5.91 Å². The van der Waals surface area contributed by atoms with Crippen molar-refractivity contribution < 1.29 is 14.4 Å². The van der Waals surface area contributed by atoms with Crippen molar-refractivity contribution in [3.63, 3.8) is 0 Å². The minimum absolute atomic E-state index is 0.103. The average molecular weight is 568 g/mol. The van der Waals surface area contributed by atoms with Gasteiger partial charge in [-0.3, -0.25) is 14.4 Å². The molecule has 1 unspecified atom stereocenters. The van der Waals surface area contributed by atoms with Gasteiger partial charge in [-0.15, -0.1) is 0 Å². The molecule has 0 bridgehead atoms. The smallest absolute Gasteiger partial charge is 0.258 e. The monoisotopic (exact) mass is 566 g/mol. The van der Waals surface area contributed by atoms with Crippen LogP contribution in [0.3, 0.4) is 0 Å². The quantitative estimate of drug-likeness (QED) is 0.461. The van der Waals surface area contributed by atoms with Crippen molar-refractivity contribution in [2.75, 3.05) is 10.2 Å². The van der Waals surface area contributed by atoms with E-state index in [0.717, 1.165) is 55.8 Å². The highest BCUT2D eigenvalue weighted by Gasteiger charge is 2.38. The van der Waals surface area contributed by atoms with Gasteiger partial charge < -0.3 is 21.3 Å². The number of rotatable bonds is 4. The number of carbonyl (C=O) groups excluding carboxylic acids is 3. The number of benzene rings is 2. The van der Waals surface area contributed by atoms with E-state index in [4.69, 9.17) is 5.73 Å². The number of amides is 3. The van der Waals surface area contributed by atoms with E-state index in [-0.39, 0.29) is 48.2 Å². The zero-order valence-electron chi connectivity index (χ0n) is 21.0. The van der Waals surface area contributed by atoms with Gasteiger partial charge in [0, 0.05) is 40.1 Å². The first-order valence-electron chi connectivity index (χ1n) is 13.5. The summed E-state index contributed by atoms with van der Waals surface area (Å²) in [4.78, 5) is 42.0. The molecular weight excluding hydrogens is 532 g/mol. The molecule has 2 saturated carbocycles. The van der Waals surface area contributed by atoms with Crippen LogP contribution in [-0.4, -0.2) is 35.8 Å². The van der Waals surface area contributed by atoms with Crippen LogP contribution in [0.1, 0.15) is 84.9 Å². The Hall–Kier alpha value is -2.71. The summed E-state index contributed by atoms with van der Waals surface area (Å²) < 4.78 is 0.826. The summed E-state index contributed by atoms with van der Waals surface area (Å²) in [6.07, 6.45) is 9.20. The molecule has 1 heterocycles. The summed E-state index contributed by atoms with van der Waals surface area (Å²) in [5, 5.41) is 6.13. The van der Waals surface area contributed by atoms with E-state index in [9.17, 15) is 14.4 Å². The maximum atomic E-state index is 14.0. The van der Waals surface area contributed by atoms with Gasteiger partial charge in [0.15, 0.2) is 0 Å². The van der Waals surface area contributed by atoms with Crippen LogP contribution in [0.4, 0.5) is 11.4 Å². The van der Waals surface area contributed by atoms with Gasteiger partial charge in [0.1, 0.15) is 0 Å². The summed E-state index contributed by atoms with van der Waals surface area (Å²) in [6, 6.07) is 12.7. The number of hydrogen-bond donors (Lipinski definition) is 3. The third-order valence-corrected chi connectivity index (χ3v) is 8.60. The van der Waals surface area contributed by atoms with Crippen molar-refractivity contribution in [2.45, 2.75) is 82.3 Å². The lowest BCUT2D eigenvalue weighted by atomic mass is 9.81. The highest BCUT2D eigenvalue weighted by Crippen LogP contribution is 2.39. The lowest BCUT2D eigenvalue weighted by Crippen LogP contribution is -2.46. The van der Waals surface area contributed by atoms with Gasteiger partial charge in [-0.05, 0) is 80.8 Å². The zero-order valence-corrected chi connectivity index (χ0v) is 22.6. The van der Waals surface area contributed by atoms with Crippen LogP contribution in [0.5, 0.6) is 0 Å². The zero-order chi connectivity index (χ0) is 25.9. The minimum Gasteiger partial charge on any atom is -0.349 e. The van der Waals surface area contributed by atoms with E-state index in [0.29, 0.717) is 22.5 Å². The number of nitrogens with one attached hydrogen (secondary N) is 2. The molecule has 8 heteroatoms. The van der Waals surface area contributed by atoms with Crippen LogP contribution in [0, 0.1) is 5.92 Å². The molecule has 0 spiro atoms. The second kappa shape index (κ2) is 11.4. The van der Waals surface area contributed by atoms with Crippen molar-refractivity contribution in [3.05, 3.63) is 58.1 Å². The number of nitrogens with zero attached hydrogens (tertiary/aromatic N) is 1. The van der Waals surface area contributed by atoms with Crippen LogP contribution in [-0.2, 0) is 4.79 Å². The number of halogens is 1. The molecule has 3 amide bonds. The predicted octanol–water partition coefficient (Wildman–Crippen LogP) is 5.39. The maximum Gasteiger partial charge on any atom is 0.258 e. The Balaban J connectivity index is 1.48. The number of nitrogens with two attached hydrogens (primary N) is 1. The van der Waals surface area contributed by atoms with E-state index in [1.165, 1.54) is 6.42 Å². The van der Waals surface area contributed by atoms with Crippen LogP contribution < -0.4 is 21.3 Å². The Kier molecular flexibility index (Phi) is 7.95. The lowest BCUT2D eigenvalue weighted by Gasteiger charge is -2.37. The fourth-order valence-electron chi connectivity index (χ4n) is 6.10. The molecular formula is C29H35BrN4O3. The third-order valence-electron chi connectivity index (χ3n) is 8.11. The Labute approximate surface area is 226 Å². The van der Waals surface area contributed by atoms with Crippen molar-refractivity contribution in [1.29, 1.82) is 0 Å². The summed E-state index contributed by atoms with van der Waals surface area (Å²) >= 11 is 3.48. The Morgan fingerprint density at radius 2 is 1.70 bits per heavy atom. The molecule has 1 aliphatic heterocycles. The first-order valence-corrected chi connectivity index (χ1v) is 14.3. The molecule has 1 atom stereocenters. The van der Waals surface area contributed by atoms with Gasteiger partial charge >= 0.3 is 0 Å². The number of anilines is 2. The largest absolute Gasteiger partial charge is 0.349 e. The predicted molar refractivity (Wildman–Crippen MR) is 149 cm³/mol. The van der Waals surface area contributed by atoms with E-state index in [1.807, 2.05) is 35.2 Å². The molecule has 7 nitrogen and oxygen atoms in total. The van der Waals surface area contributed by atoms with Gasteiger partial charge in [-0.1, -0.05) is 41.3 Å². The van der Waals surface area contributed by atoms with Crippen LogP contribution >= 0.6 is 15.9 Å². The molecule has 5 rings (SSSR count). The van der Waals surface area contributed by atoms with E-state index >= 15 is 0 Å². The SMILES string of the molecule is NC1CCC(NC(=O)c2ccc3c(c2)NC(=O)CC(C2CCCCC2)N3C(=O)c2cccc(Br)c2)CC1. The highest BCUT2D eigenvalue weighted by molar-refractivity contribution is 9.10. The lowest BCUT2D eigenvalue weighted by molar-refractivity contribution is -0.116. The normalized spacial score (nSPS) is 24.5. The van der Waals surface area contributed by atoms with E-state index in [1.54, 1.807) is 12.1 Å². The maximum absolute atomic E-state index is 14.0. The molecule has 37 heavy (non-hydrogen) atoms. The first-order chi connectivity index (χ1) is 17.9. The molecule has 2 fully saturated rings. The minimum atomic E-state index is -0.237. The van der Waals surface area contributed by atoms with E-state index < -0.39 is 0 Å². The summed E-state index contributed by atoms with van der Waals surface area (Å²) in [5.41, 5.74) is 8.19. The van der Waals surface area contributed by atoms with Crippen molar-refractivity contribution in [1.82, 2.24) is 5.32 Å². The van der Waals surface area contributed by atoms with Crippen LogP contribution in [0.2, 0.25) is 0 Å². The molecule has 3 aliphatic rings. The third kappa shape index (κ3) is 5.91. The summed E-state index contributed by atoms with van der Waals surface area (Å²) in [6.45, 7) is 0. The molecule has 196 valence electrons. The second-order valence-electron chi connectivity index (χ2n) is 10.7. The Morgan fingerprint density at radius 1 is 0.946 bits per heavy atom. The Morgan fingerprint density at radius 3 is 2.43 bits per heavy atom. The number of carbonyl (C=O) groups is 3. The van der Waals surface area contributed by atoms with E-state index in [2.05, 4.69) is 26.6 Å². The molecule has 0 radical (unpaired) electrons. The molecule has 4 N–H and O–H groups in total. The summed E-state index contributed by atoms with van der Waals surface area (Å²) in [5.74, 6) is -0.178. The fraction of sp³-hybridized carbons (Fsp3) is 0.483. The number of fused-ring (bicyclic) bond motifs is 1. The second-order valence-corrected chi connectivity index (χ2v) is 11.6. The first kappa shape index (κ1) is 25.9. The average Bonchev–Trinajstić information content (AvgIpc) is 3.05. The van der Waals surface area contributed by atoms with Crippen LogP contribution in [0.15, 0.2) is 46.9 Å². The van der Waals surface area contributed by atoms with Gasteiger partial charge in [-0.25, -0.2) is 0 Å². The van der Waals surface area contributed by atoms with Crippen molar-refractivity contribution in [3.8, 4) is 0 Å². The Bertz CT molecular complexity index is 1170. The molecule has 2 aliphatic carbocycles. The molecule has 2 aromatic carbocycles. The molecule has 2 aromatic rings. The van der Waals surface area contributed by atoms with Gasteiger partial charge in [0.05, 0.1) is 11.4 Å². The fourth-order valence-corrected chi connectivity index (χ4v) is 6.50. The van der Waals surface area contributed by atoms with Crippen molar-refractivity contribution >= 4 is 45.0 Å². The van der Waals surface area contributed by atoms with Crippen molar-refractivity contribution in [2.24, 2.45) is 11.7 Å². The number of hydrogen-bond acceptors (Lipinski definition) is 4. The van der Waals surface area contributed by atoms with Crippen LogP contribution in [0.25, 0.3) is 0 Å². The topological polar surface area (TPSA) is 105 Å².